The van der Waals surface area contributed by atoms with E-state index in [1.54, 1.807) is 7.11 Å². The molecular formula is C23H26N2O3. The molecule has 2 aromatic carbocycles. The van der Waals surface area contributed by atoms with E-state index in [1.165, 1.54) is 0 Å². The molecule has 2 aliphatic heterocycles. The van der Waals surface area contributed by atoms with Crippen molar-refractivity contribution in [1.29, 1.82) is 0 Å². The van der Waals surface area contributed by atoms with Crippen molar-refractivity contribution in [1.82, 2.24) is 4.90 Å². The number of ether oxygens (including phenoxy) is 1. The maximum Gasteiger partial charge on any atom is 0.253 e. The van der Waals surface area contributed by atoms with Gasteiger partial charge in [0.05, 0.1) is 7.11 Å². The van der Waals surface area contributed by atoms with E-state index in [4.69, 9.17) is 4.74 Å². The van der Waals surface area contributed by atoms with Crippen LogP contribution >= 0.6 is 0 Å². The molecule has 2 amide bonds. The molecule has 146 valence electrons. The van der Waals surface area contributed by atoms with E-state index in [9.17, 15) is 9.59 Å². The molecule has 0 spiro atoms. The number of piperidine rings is 1. The highest BCUT2D eigenvalue weighted by Crippen LogP contribution is 2.34. The first-order chi connectivity index (χ1) is 13.7. The van der Waals surface area contributed by atoms with Gasteiger partial charge in [-0.1, -0.05) is 18.2 Å². The van der Waals surface area contributed by atoms with E-state index in [0.717, 1.165) is 30.8 Å². The number of anilines is 1. The molecule has 0 bridgehead atoms. The lowest BCUT2D eigenvalue weighted by molar-refractivity contribution is -0.119. The fourth-order valence-corrected chi connectivity index (χ4v) is 4.41. The second-order valence-electron chi connectivity index (χ2n) is 7.66. The van der Waals surface area contributed by atoms with Crippen molar-refractivity contribution < 1.29 is 14.3 Å². The molecule has 0 N–H and O–H groups in total. The summed E-state index contributed by atoms with van der Waals surface area (Å²) in [6.45, 7) is 2.16. The molecule has 0 saturated carbocycles. The van der Waals surface area contributed by atoms with Crippen LogP contribution in [0.1, 0.15) is 29.6 Å². The second-order valence-corrected chi connectivity index (χ2v) is 7.66. The lowest BCUT2D eigenvalue weighted by Gasteiger charge is -2.37. The van der Waals surface area contributed by atoms with Crippen LogP contribution in [0.15, 0.2) is 54.6 Å². The summed E-state index contributed by atoms with van der Waals surface area (Å²) in [6, 6.07) is 17.2. The van der Waals surface area contributed by atoms with Gasteiger partial charge in [-0.05, 0) is 61.1 Å². The van der Waals surface area contributed by atoms with Crippen LogP contribution in [0.25, 0.3) is 0 Å². The van der Waals surface area contributed by atoms with Crippen LogP contribution in [0.5, 0.6) is 5.75 Å². The highest BCUT2D eigenvalue weighted by molar-refractivity contribution is 5.95. The number of para-hydroxylation sites is 1. The van der Waals surface area contributed by atoms with Crippen molar-refractivity contribution in [2.45, 2.75) is 19.3 Å². The molecule has 2 fully saturated rings. The van der Waals surface area contributed by atoms with Gasteiger partial charge in [0.25, 0.3) is 5.91 Å². The van der Waals surface area contributed by atoms with Crippen molar-refractivity contribution in [3.8, 4) is 5.75 Å². The number of likely N-dealkylation sites (tertiary alicyclic amines) is 1. The average molecular weight is 378 g/mol. The zero-order valence-electron chi connectivity index (χ0n) is 16.2. The fourth-order valence-electron chi connectivity index (χ4n) is 4.41. The number of nitrogens with zero attached hydrogens (tertiary/aromatic N) is 2. The number of carbonyl (C=O) groups excluding carboxylic acids is 2. The summed E-state index contributed by atoms with van der Waals surface area (Å²) in [7, 11) is 1.62. The minimum Gasteiger partial charge on any atom is -0.497 e. The Morgan fingerprint density at radius 3 is 2.39 bits per heavy atom. The van der Waals surface area contributed by atoms with Crippen LogP contribution in [-0.4, -0.2) is 43.5 Å². The van der Waals surface area contributed by atoms with Crippen LogP contribution in [0, 0.1) is 11.8 Å². The van der Waals surface area contributed by atoms with Crippen LogP contribution in [0.3, 0.4) is 0 Å². The monoisotopic (exact) mass is 378 g/mol. The van der Waals surface area contributed by atoms with E-state index in [-0.39, 0.29) is 11.8 Å². The first-order valence-electron chi connectivity index (χ1n) is 9.94. The molecule has 0 unspecified atom stereocenters. The van der Waals surface area contributed by atoms with Gasteiger partial charge in [-0.25, -0.2) is 0 Å². The minimum atomic E-state index is 0.0663. The Labute approximate surface area is 165 Å². The molecule has 5 heteroatoms. The van der Waals surface area contributed by atoms with Gasteiger partial charge in [-0.3, -0.25) is 9.59 Å². The standard InChI is InChI=1S/C23H26N2O3/c1-28-21-9-7-17(8-10-21)23(27)24-13-11-18-15-22(26)25(14-12-19(18)16-24)20-5-3-2-4-6-20/h2-10,18-19H,11-16H2,1H3/t18-,19-/m0/s1. The third-order valence-electron chi connectivity index (χ3n) is 6.04. The van der Waals surface area contributed by atoms with Crippen molar-refractivity contribution in [2.24, 2.45) is 11.8 Å². The second kappa shape index (κ2) is 8.05. The van der Waals surface area contributed by atoms with Crippen LogP contribution in [0.2, 0.25) is 0 Å². The molecule has 2 saturated heterocycles. The van der Waals surface area contributed by atoms with E-state index in [0.29, 0.717) is 36.9 Å². The van der Waals surface area contributed by atoms with Gasteiger partial charge in [-0.15, -0.1) is 0 Å². The summed E-state index contributed by atoms with van der Waals surface area (Å²) < 4.78 is 5.17. The number of benzene rings is 2. The lowest BCUT2D eigenvalue weighted by atomic mass is 9.82. The molecule has 0 aromatic heterocycles. The summed E-state index contributed by atoms with van der Waals surface area (Å²) in [4.78, 5) is 29.6. The Morgan fingerprint density at radius 1 is 0.964 bits per heavy atom. The normalized spacial score (nSPS) is 22.4. The van der Waals surface area contributed by atoms with E-state index < -0.39 is 0 Å². The van der Waals surface area contributed by atoms with Gasteiger partial charge in [0, 0.05) is 37.3 Å². The molecular weight excluding hydrogens is 352 g/mol. The summed E-state index contributed by atoms with van der Waals surface area (Å²) in [5.74, 6) is 1.75. The first kappa shape index (κ1) is 18.5. The number of carbonyl (C=O) groups is 2. The quantitative estimate of drug-likeness (QED) is 0.820. The van der Waals surface area contributed by atoms with E-state index >= 15 is 0 Å². The fraction of sp³-hybridized carbons (Fsp3) is 0.391. The topological polar surface area (TPSA) is 49.9 Å². The predicted molar refractivity (Wildman–Crippen MR) is 109 cm³/mol. The highest BCUT2D eigenvalue weighted by atomic mass is 16.5. The first-order valence-corrected chi connectivity index (χ1v) is 9.94. The average Bonchev–Trinajstić information content (AvgIpc) is 2.91. The number of methoxy groups -OCH3 is 1. The molecule has 2 aromatic rings. The molecule has 2 atom stereocenters. The maximum absolute atomic E-state index is 12.9. The number of fused-ring (bicyclic) bond motifs is 1. The Kier molecular flexibility index (Phi) is 5.33. The maximum atomic E-state index is 12.9. The highest BCUT2D eigenvalue weighted by Gasteiger charge is 2.36. The van der Waals surface area contributed by atoms with Gasteiger partial charge < -0.3 is 14.5 Å². The predicted octanol–water partition coefficient (Wildman–Crippen LogP) is 3.60. The zero-order valence-corrected chi connectivity index (χ0v) is 16.2. The zero-order chi connectivity index (χ0) is 19.5. The van der Waals surface area contributed by atoms with Crippen LogP contribution in [-0.2, 0) is 4.79 Å². The SMILES string of the molecule is COc1ccc(C(=O)N2CC[C@H]3CC(=O)N(c4ccccc4)CC[C@H]3C2)cc1. The number of amides is 2. The summed E-state index contributed by atoms with van der Waals surface area (Å²) in [5, 5.41) is 0. The smallest absolute Gasteiger partial charge is 0.253 e. The summed E-state index contributed by atoms with van der Waals surface area (Å²) >= 11 is 0. The molecule has 0 aliphatic carbocycles. The molecule has 0 radical (unpaired) electrons. The van der Waals surface area contributed by atoms with Crippen molar-refractivity contribution in [3.63, 3.8) is 0 Å². The Hall–Kier alpha value is -2.82. The molecule has 2 heterocycles. The van der Waals surface area contributed by atoms with E-state index in [2.05, 4.69) is 0 Å². The largest absolute Gasteiger partial charge is 0.497 e. The molecule has 28 heavy (non-hydrogen) atoms. The molecule has 5 nitrogen and oxygen atoms in total. The van der Waals surface area contributed by atoms with Crippen molar-refractivity contribution in [2.75, 3.05) is 31.6 Å². The molecule has 2 aliphatic rings. The van der Waals surface area contributed by atoms with Crippen LogP contribution in [0.4, 0.5) is 5.69 Å². The van der Waals surface area contributed by atoms with Gasteiger partial charge in [-0.2, -0.15) is 0 Å². The van der Waals surface area contributed by atoms with Gasteiger partial charge >= 0.3 is 0 Å². The minimum absolute atomic E-state index is 0.0663. The lowest BCUT2D eigenvalue weighted by Crippen LogP contribution is -2.43. The van der Waals surface area contributed by atoms with Gasteiger partial charge in [0.2, 0.25) is 5.91 Å². The molecule has 4 rings (SSSR count). The number of hydrogen-bond acceptors (Lipinski definition) is 3. The number of hydrogen-bond donors (Lipinski definition) is 0. The Morgan fingerprint density at radius 2 is 1.68 bits per heavy atom. The van der Waals surface area contributed by atoms with Gasteiger partial charge in [0.1, 0.15) is 5.75 Å². The van der Waals surface area contributed by atoms with Crippen molar-refractivity contribution in [3.05, 3.63) is 60.2 Å². The third-order valence-corrected chi connectivity index (χ3v) is 6.04. The van der Waals surface area contributed by atoms with Crippen molar-refractivity contribution >= 4 is 17.5 Å². The van der Waals surface area contributed by atoms with Crippen LogP contribution < -0.4 is 9.64 Å². The Bertz CT molecular complexity index is 835. The Balaban J connectivity index is 1.45. The third kappa shape index (κ3) is 3.75. The summed E-state index contributed by atoms with van der Waals surface area (Å²) in [5.41, 5.74) is 1.66. The van der Waals surface area contributed by atoms with E-state index in [1.807, 2.05) is 64.4 Å². The van der Waals surface area contributed by atoms with Gasteiger partial charge in [0.15, 0.2) is 0 Å². The number of rotatable bonds is 3. The summed E-state index contributed by atoms with van der Waals surface area (Å²) in [6.07, 6.45) is 2.39.